The van der Waals surface area contributed by atoms with Crippen LogP contribution < -0.4 is 5.32 Å². The number of amides is 2. The molecule has 2 aromatic rings. The summed E-state index contributed by atoms with van der Waals surface area (Å²) in [6.45, 7) is 0.308. The molecule has 8 nitrogen and oxygen atoms in total. The van der Waals surface area contributed by atoms with E-state index < -0.39 is 41.3 Å². The van der Waals surface area contributed by atoms with Crippen LogP contribution in [0.1, 0.15) is 36.0 Å². The molecule has 4 rings (SSSR count). The Labute approximate surface area is 197 Å². The van der Waals surface area contributed by atoms with Gasteiger partial charge in [-0.1, -0.05) is 54.6 Å². The third-order valence-electron chi connectivity index (χ3n) is 6.85. The van der Waals surface area contributed by atoms with E-state index in [1.54, 1.807) is 0 Å². The van der Waals surface area contributed by atoms with Crippen molar-refractivity contribution in [1.29, 1.82) is 0 Å². The van der Waals surface area contributed by atoms with Crippen molar-refractivity contribution in [3.63, 3.8) is 0 Å². The van der Waals surface area contributed by atoms with Crippen LogP contribution in [0.15, 0.2) is 54.6 Å². The van der Waals surface area contributed by atoms with E-state index in [9.17, 15) is 29.4 Å². The van der Waals surface area contributed by atoms with E-state index in [2.05, 4.69) is 5.32 Å². The van der Waals surface area contributed by atoms with Crippen molar-refractivity contribution in [2.24, 2.45) is 5.41 Å². The number of benzene rings is 2. The molecule has 2 aromatic carbocycles. The van der Waals surface area contributed by atoms with Gasteiger partial charge in [0.05, 0.1) is 11.8 Å². The van der Waals surface area contributed by atoms with Gasteiger partial charge in [-0.25, -0.2) is 4.79 Å². The second kappa shape index (κ2) is 9.67. The number of carboxylic acids is 2. The second-order valence-electron chi connectivity index (χ2n) is 9.22. The summed E-state index contributed by atoms with van der Waals surface area (Å²) in [5.74, 6) is -3.10. The quantitative estimate of drug-likeness (QED) is 0.549. The minimum atomic E-state index is -1.21. The zero-order valence-corrected chi connectivity index (χ0v) is 18.8. The van der Waals surface area contributed by atoms with Gasteiger partial charge in [0, 0.05) is 13.0 Å². The van der Waals surface area contributed by atoms with Gasteiger partial charge in [0.2, 0.25) is 11.8 Å². The average Bonchev–Trinajstić information content (AvgIpc) is 3.44. The predicted molar refractivity (Wildman–Crippen MR) is 123 cm³/mol. The Bertz CT molecular complexity index is 1070. The number of aliphatic carboxylic acids is 2. The lowest BCUT2D eigenvalue weighted by Gasteiger charge is -2.31. The van der Waals surface area contributed by atoms with E-state index in [4.69, 9.17) is 0 Å². The molecule has 8 heteroatoms. The zero-order valence-electron chi connectivity index (χ0n) is 18.8. The molecule has 0 aromatic heterocycles. The fourth-order valence-corrected chi connectivity index (χ4v) is 5.20. The minimum absolute atomic E-state index is 0.185. The molecule has 34 heavy (non-hydrogen) atoms. The summed E-state index contributed by atoms with van der Waals surface area (Å²) in [5, 5.41) is 22.0. The summed E-state index contributed by atoms with van der Waals surface area (Å²) in [5.41, 5.74) is 1.46. The van der Waals surface area contributed by atoms with Gasteiger partial charge in [0.15, 0.2) is 0 Å². The lowest BCUT2D eigenvalue weighted by atomic mass is 9.80. The van der Waals surface area contributed by atoms with E-state index in [1.165, 1.54) is 4.90 Å². The molecule has 2 amide bonds. The Balaban J connectivity index is 1.62. The largest absolute Gasteiger partial charge is 0.481 e. The van der Waals surface area contributed by atoms with Gasteiger partial charge >= 0.3 is 11.9 Å². The van der Waals surface area contributed by atoms with Gasteiger partial charge in [-0.15, -0.1) is 0 Å². The Kier molecular flexibility index (Phi) is 6.68. The number of fused-ring (bicyclic) bond motifs is 1. The number of carbonyl (C=O) groups excluding carboxylic acids is 2. The predicted octanol–water partition coefficient (Wildman–Crippen LogP) is 2.05. The van der Waals surface area contributed by atoms with Gasteiger partial charge in [-0.3, -0.25) is 14.4 Å². The summed E-state index contributed by atoms with van der Waals surface area (Å²) in [7, 11) is 0. The second-order valence-corrected chi connectivity index (χ2v) is 9.22. The number of nitrogens with zero attached hydrogens (tertiary/aromatic N) is 1. The van der Waals surface area contributed by atoms with E-state index in [-0.39, 0.29) is 25.7 Å². The number of hydrogen-bond donors (Lipinski definition) is 3. The fourth-order valence-electron chi connectivity index (χ4n) is 5.20. The van der Waals surface area contributed by atoms with Crippen LogP contribution in [0, 0.1) is 5.41 Å². The van der Waals surface area contributed by atoms with Gasteiger partial charge in [-0.05, 0) is 42.4 Å². The summed E-state index contributed by atoms with van der Waals surface area (Å²) in [4.78, 5) is 51.9. The van der Waals surface area contributed by atoms with Crippen molar-refractivity contribution in [1.82, 2.24) is 10.2 Å². The van der Waals surface area contributed by atoms with E-state index >= 15 is 0 Å². The third kappa shape index (κ3) is 4.81. The van der Waals surface area contributed by atoms with Crippen molar-refractivity contribution in [2.75, 3.05) is 6.54 Å². The normalized spacial score (nSPS) is 19.3. The lowest BCUT2D eigenvalue weighted by Crippen LogP contribution is -2.55. The van der Waals surface area contributed by atoms with Crippen LogP contribution in [0.2, 0.25) is 0 Å². The molecule has 1 saturated heterocycles. The Morgan fingerprint density at radius 1 is 0.971 bits per heavy atom. The van der Waals surface area contributed by atoms with Crippen LogP contribution in [-0.4, -0.2) is 57.5 Å². The topological polar surface area (TPSA) is 124 Å². The van der Waals surface area contributed by atoms with E-state index in [0.717, 1.165) is 16.7 Å². The molecule has 0 radical (unpaired) electrons. The van der Waals surface area contributed by atoms with Gasteiger partial charge < -0.3 is 20.4 Å². The van der Waals surface area contributed by atoms with E-state index in [0.29, 0.717) is 19.4 Å². The van der Waals surface area contributed by atoms with Crippen LogP contribution in [0.25, 0.3) is 0 Å². The molecule has 178 valence electrons. The zero-order chi connectivity index (χ0) is 24.3. The SMILES string of the molecule is O=C(O)CC1(C(=O)NC(Cc2ccccc2)C(=O)N2CCCC2C(=O)O)Cc2ccccc2C1. The first-order valence-electron chi connectivity index (χ1n) is 11.5. The van der Waals surface area contributed by atoms with Crippen molar-refractivity contribution in [2.45, 2.75) is 50.6 Å². The summed E-state index contributed by atoms with van der Waals surface area (Å²) >= 11 is 0. The first kappa shape index (κ1) is 23.5. The van der Waals surface area contributed by atoms with Gasteiger partial charge in [0.25, 0.3) is 0 Å². The number of carboxylic acid groups (broad SMARTS) is 2. The van der Waals surface area contributed by atoms with Crippen LogP contribution in [0.5, 0.6) is 0 Å². The third-order valence-corrected chi connectivity index (χ3v) is 6.85. The molecule has 2 unspecified atom stereocenters. The molecule has 1 aliphatic heterocycles. The monoisotopic (exact) mass is 464 g/mol. The minimum Gasteiger partial charge on any atom is -0.481 e. The van der Waals surface area contributed by atoms with Crippen LogP contribution in [0.3, 0.4) is 0 Å². The molecule has 0 saturated carbocycles. The van der Waals surface area contributed by atoms with Crippen LogP contribution in [-0.2, 0) is 38.4 Å². The van der Waals surface area contributed by atoms with Gasteiger partial charge in [0.1, 0.15) is 12.1 Å². The highest BCUT2D eigenvalue weighted by atomic mass is 16.4. The molecule has 3 N–H and O–H groups in total. The molecular weight excluding hydrogens is 436 g/mol. The van der Waals surface area contributed by atoms with E-state index in [1.807, 2.05) is 54.6 Å². The average molecular weight is 465 g/mol. The number of likely N-dealkylation sites (tertiary alicyclic amines) is 1. The van der Waals surface area contributed by atoms with Gasteiger partial charge in [-0.2, -0.15) is 0 Å². The van der Waals surface area contributed by atoms with Crippen molar-refractivity contribution < 1.29 is 29.4 Å². The standard InChI is InChI=1S/C26H28N2O6/c29-22(30)16-26(14-18-9-4-5-10-19(18)15-26)25(34)27-20(13-17-7-2-1-3-8-17)23(31)28-12-6-11-21(28)24(32)33/h1-5,7-10,20-21H,6,11-16H2,(H,27,34)(H,29,30)(H,32,33). The molecule has 1 aliphatic carbocycles. The molecule has 2 aliphatic rings. The highest BCUT2D eigenvalue weighted by molar-refractivity contribution is 5.94. The number of rotatable bonds is 8. The number of carbonyl (C=O) groups is 4. The maximum atomic E-state index is 13.6. The molecule has 1 fully saturated rings. The number of hydrogen-bond acceptors (Lipinski definition) is 4. The first-order valence-corrected chi connectivity index (χ1v) is 11.5. The van der Waals surface area contributed by atoms with Crippen molar-refractivity contribution >= 4 is 23.8 Å². The van der Waals surface area contributed by atoms with Crippen molar-refractivity contribution in [3.8, 4) is 0 Å². The summed E-state index contributed by atoms with van der Waals surface area (Å²) < 4.78 is 0. The highest BCUT2D eigenvalue weighted by Crippen LogP contribution is 2.40. The Hall–Kier alpha value is -3.68. The summed E-state index contributed by atoms with van der Waals surface area (Å²) in [6, 6.07) is 14.7. The molecule has 0 spiro atoms. The maximum absolute atomic E-state index is 13.6. The van der Waals surface area contributed by atoms with Crippen molar-refractivity contribution in [3.05, 3.63) is 71.3 Å². The Morgan fingerprint density at radius 2 is 1.59 bits per heavy atom. The first-order chi connectivity index (χ1) is 16.3. The molecule has 2 atom stereocenters. The highest BCUT2D eigenvalue weighted by Gasteiger charge is 2.47. The maximum Gasteiger partial charge on any atom is 0.326 e. The van der Waals surface area contributed by atoms with Crippen LogP contribution >= 0.6 is 0 Å². The smallest absolute Gasteiger partial charge is 0.326 e. The number of nitrogens with one attached hydrogen (secondary N) is 1. The molecule has 0 bridgehead atoms. The lowest BCUT2D eigenvalue weighted by molar-refractivity contribution is -0.150. The fraction of sp³-hybridized carbons (Fsp3) is 0.385. The molecule has 1 heterocycles. The van der Waals surface area contributed by atoms with Crippen LogP contribution in [0.4, 0.5) is 0 Å². The summed E-state index contributed by atoms with van der Waals surface area (Å²) in [6.07, 6.45) is 1.31. The Morgan fingerprint density at radius 3 is 2.18 bits per heavy atom. The molecular formula is C26H28N2O6.